The first-order chi connectivity index (χ1) is 9.99. The number of carbonyl (C=O) groups is 2. The molecular weight excluding hydrogens is 294 g/mol. The van der Waals surface area contributed by atoms with Crippen LogP contribution < -0.4 is 10.9 Å². The van der Waals surface area contributed by atoms with Crippen LogP contribution >= 0.6 is 11.6 Å². The Morgan fingerprint density at radius 3 is 2.81 bits per heavy atom. The van der Waals surface area contributed by atoms with E-state index in [1.165, 1.54) is 4.57 Å². The summed E-state index contributed by atoms with van der Waals surface area (Å²) < 4.78 is 1.32. The molecule has 2 aromatic rings. The highest BCUT2D eigenvalue weighted by atomic mass is 35.5. The van der Waals surface area contributed by atoms with E-state index in [0.29, 0.717) is 16.4 Å². The molecule has 1 aliphatic heterocycles. The van der Waals surface area contributed by atoms with Crippen LogP contribution in [0.3, 0.4) is 0 Å². The zero-order chi connectivity index (χ0) is 15.1. The zero-order valence-electron chi connectivity index (χ0n) is 11.2. The second-order valence-electron chi connectivity index (χ2n) is 4.94. The van der Waals surface area contributed by atoms with Crippen molar-refractivity contribution in [3.63, 3.8) is 0 Å². The molecular formula is C14H12ClN3O3. The van der Waals surface area contributed by atoms with Crippen LogP contribution in [-0.4, -0.2) is 21.4 Å². The predicted molar refractivity (Wildman–Crippen MR) is 77.2 cm³/mol. The molecule has 2 amide bonds. The molecule has 1 aromatic carbocycles. The van der Waals surface area contributed by atoms with E-state index in [1.54, 1.807) is 25.1 Å². The van der Waals surface area contributed by atoms with Gasteiger partial charge < -0.3 is 0 Å². The van der Waals surface area contributed by atoms with E-state index in [4.69, 9.17) is 11.6 Å². The molecule has 21 heavy (non-hydrogen) atoms. The lowest BCUT2D eigenvalue weighted by molar-refractivity contribution is -0.135. The number of hydrogen-bond acceptors (Lipinski definition) is 4. The average molecular weight is 306 g/mol. The van der Waals surface area contributed by atoms with Gasteiger partial charge in [0.1, 0.15) is 11.9 Å². The minimum atomic E-state index is -0.733. The second-order valence-corrected chi connectivity index (χ2v) is 5.34. The number of imide groups is 1. The molecule has 1 atom stereocenters. The summed E-state index contributed by atoms with van der Waals surface area (Å²) in [5.74, 6) is -0.386. The maximum atomic E-state index is 12.7. The van der Waals surface area contributed by atoms with E-state index in [1.807, 2.05) is 0 Å². The zero-order valence-corrected chi connectivity index (χ0v) is 12.0. The summed E-state index contributed by atoms with van der Waals surface area (Å²) in [5, 5.41) is 2.83. The molecule has 0 saturated carbocycles. The second kappa shape index (κ2) is 4.96. The Hall–Kier alpha value is -2.21. The molecule has 1 unspecified atom stereocenters. The van der Waals surface area contributed by atoms with Gasteiger partial charge in [0.2, 0.25) is 11.8 Å². The first-order valence-electron chi connectivity index (χ1n) is 6.50. The van der Waals surface area contributed by atoms with Crippen LogP contribution in [0.25, 0.3) is 10.9 Å². The minimum absolute atomic E-state index is 0.197. The number of hydrogen-bond donors (Lipinski definition) is 1. The van der Waals surface area contributed by atoms with Gasteiger partial charge in [-0.2, -0.15) is 0 Å². The number of carbonyl (C=O) groups excluding carboxylic acids is 2. The first-order valence-corrected chi connectivity index (χ1v) is 6.88. The van der Waals surface area contributed by atoms with Gasteiger partial charge in [0.05, 0.1) is 15.9 Å². The molecule has 7 heteroatoms. The number of amides is 2. The molecule has 0 radical (unpaired) electrons. The SMILES string of the molecule is Cc1nc2cccc(Cl)c2c(=O)n1C1CCC(=O)NC1=O. The van der Waals surface area contributed by atoms with Crippen molar-refractivity contribution in [3.05, 3.63) is 39.4 Å². The van der Waals surface area contributed by atoms with Crippen molar-refractivity contribution in [2.24, 2.45) is 0 Å². The smallest absolute Gasteiger partial charge is 0.263 e. The molecule has 0 spiro atoms. The van der Waals surface area contributed by atoms with Crippen molar-refractivity contribution in [1.82, 2.24) is 14.9 Å². The Balaban J connectivity index is 2.24. The number of fused-ring (bicyclic) bond motifs is 1. The Morgan fingerprint density at radius 2 is 2.10 bits per heavy atom. The molecule has 1 aromatic heterocycles. The number of piperidine rings is 1. The number of rotatable bonds is 1. The van der Waals surface area contributed by atoms with Gasteiger partial charge in [-0.3, -0.25) is 24.3 Å². The number of halogens is 1. The highest BCUT2D eigenvalue weighted by molar-refractivity contribution is 6.35. The van der Waals surface area contributed by atoms with Gasteiger partial charge >= 0.3 is 0 Å². The number of aromatic nitrogens is 2. The molecule has 1 saturated heterocycles. The number of benzene rings is 1. The normalized spacial score (nSPS) is 18.9. The van der Waals surface area contributed by atoms with E-state index in [0.717, 1.165) is 0 Å². The molecule has 0 bridgehead atoms. The van der Waals surface area contributed by atoms with E-state index in [9.17, 15) is 14.4 Å². The first kappa shape index (κ1) is 13.8. The monoisotopic (exact) mass is 305 g/mol. The van der Waals surface area contributed by atoms with Crippen molar-refractivity contribution in [3.8, 4) is 0 Å². The molecule has 6 nitrogen and oxygen atoms in total. The molecule has 2 heterocycles. The Labute approximate surface area is 124 Å². The van der Waals surface area contributed by atoms with Gasteiger partial charge in [-0.1, -0.05) is 17.7 Å². The van der Waals surface area contributed by atoms with Crippen molar-refractivity contribution < 1.29 is 9.59 Å². The molecule has 0 aliphatic carbocycles. The van der Waals surface area contributed by atoms with Crippen LogP contribution in [0.1, 0.15) is 24.7 Å². The highest BCUT2D eigenvalue weighted by Gasteiger charge is 2.30. The van der Waals surface area contributed by atoms with E-state index < -0.39 is 11.9 Å². The summed E-state index contributed by atoms with van der Waals surface area (Å²) >= 11 is 6.08. The van der Waals surface area contributed by atoms with Crippen molar-refractivity contribution in [2.45, 2.75) is 25.8 Å². The van der Waals surface area contributed by atoms with E-state index in [2.05, 4.69) is 10.3 Å². The van der Waals surface area contributed by atoms with E-state index >= 15 is 0 Å². The van der Waals surface area contributed by atoms with Crippen LogP contribution in [0.2, 0.25) is 5.02 Å². The lowest BCUT2D eigenvalue weighted by atomic mass is 10.1. The Kier molecular flexibility index (Phi) is 3.25. The van der Waals surface area contributed by atoms with Crippen molar-refractivity contribution >= 4 is 34.3 Å². The quantitative estimate of drug-likeness (QED) is 0.806. The van der Waals surface area contributed by atoms with E-state index in [-0.39, 0.29) is 29.7 Å². The number of nitrogens with one attached hydrogen (secondary N) is 1. The van der Waals surface area contributed by atoms with Crippen LogP contribution in [0.15, 0.2) is 23.0 Å². The summed E-state index contributed by atoms with van der Waals surface area (Å²) in [5.41, 5.74) is 0.131. The van der Waals surface area contributed by atoms with Gasteiger partial charge in [-0.25, -0.2) is 4.98 Å². The van der Waals surface area contributed by atoms with Gasteiger partial charge in [-0.15, -0.1) is 0 Å². The van der Waals surface area contributed by atoms with Crippen LogP contribution in [0.4, 0.5) is 0 Å². The summed E-state index contributed by atoms with van der Waals surface area (Å²) in [6.07, 6.45) is 0.478. The highest BCUT2D eigenvalue weighted by Crippen LogP contribution is 2.22. The van der Waals surface area contributed by atoms with Gasteiger partial charge in [0.15, 0.2) is 0 Å². The molecule has 108 valence electrons. The van der Waals surface area contributed by atoms with Crippen LogP contribution in [0, 0.1) is 6.92 Å². The summed E-state index contributed by atoms with van der Waals surface area (Å²) in [4.78, 5) is 40.2. The number of nitrogens with zero attached hydrogens (tertiary/aromatic N) is 2. The topological polar surface area (TPSA) is 81.1 Å². The largest absolute Gasteiger partial charge is 0.295 e. The lowest BCUT2D eigenvalue weighted by Gasteiger charge is -2.24. The Bertz CT molecular complexity index is 828. The molecule has 3 rings (SSSR count). The molecule has 1 fully saturated rings. The Morgan fingerprint density at radius 1 is 1.33 bits per heavy atom. The third-order valence-electron chi connectivity index (χ3n) is 3.58. The van der Waals surface area contributed by atoms with Crippen molar-refractivity contribution in [2.75, 3.05) is 0 Å². The number of aryl methyl sites for hydroxylation is 1. The summed E-state index contributed by atoms with van der Waals surface area (Å²) in [7, 11) is 0. The van der Waals surface area contributed by atoms with Crippen molar-refractivity contribution in [1.29, 1.82) is 0 Å². The third kappa shape index (κ3) is 2.21. The standard InChI is InChI=1S/C14H12ClN3O3/c1-7-16-9-4-2-3-8(15)12(9)14(21)18(7)10-5-6-11(19)17-13(10)20/h2-4,10H,5-6H2,1H3,(H,17,19,20). The fraction of sp³-hybridized carbons (Fsp3) is 0.286. The lowest BCUT2D eigenvalue weighted by Crippen LogP contribution is -2.45. The maximum Gasteiger partial charge on any atom is 0.263 e. The van der Waals surface area contributed by atoms with Gasteiger partial charge in [0, 0.05) is 6.42 Å². The van der Waals surface area contributed by atoms with Gasteiger partial charge in [0.25, 0.3) is 5.56 Å². The predicted octanol–water partition coefficient (Wildman–Crippen LogP) is 1.34. The fourth-order valence-electron chi connectivity index (χ4n) is 2.61. The third-order valence-corrected chi connectivity index (χ3v) is 3.89. The average Bonchev–Trinajstić information content (AvgIpc) is 2.40. The van der Waals surface area contributed by atoms with Crippen LogP contribution in [0.5, 0.6) is 0 Å². The van der Waals surface area contributed by atoms with Crippen LogP contribution in [-0.2, 0) is 9.59 Å². The minimum Gasteiger partial charge on any atom is -0.295 e. The fourth-order valence-corrected chi connectivity index (χ4v) is 2.86. The molecule has 1 aliphatic rings. The maximum absolute atomic E-state index is 12.7. The summed E-state index contributed by atoms with van der Waals surface area (Å²) in [6, 6.07) is 4.29. The molecule has 1 N–H and O–H groups in total. The summed E-state index contributed by atoms with van der Waals surface area (Å²) in [6.45, 7) is 1.66. The van der Waals surface area contributed by atoms with Gasteiger partial charge in [-0.05, 0) is 25.5 Å².